The predicted octanol–water partition coefficient (Wildman–Crippen LogP) is 6.39. The number of alkyl halides is 6. The van der Waals surface area contributed by atoms with Gasteiger partial charge in [-0.25, -0.2) is 0 Å². The van der Waals surface area contributed by atoms with Gasteiger partial charge in [0.1, 0.15) is 0 Å². The van der Waals surface area contributed by atoms with E-state index in [0.29, 0.717) is 31.2 Å². The maximum absolute atomic E-state index is 14.4. The van der Waals surface area contributed by atoms with Gasteiger partial charge in [-0.05, 0) is 43.4 Å². The maximum atomic E-state index is 14.4. The average molecular weight is 448 g/mol. The summed E-state index contributed by atoms with van der Waals surface area (Å²) in [4.78, 5) is -0.924. The van der Waals surface area contributed by atoms with Crippen LogP contribution in [0.4, 0.5) is 26.3 Å². The van der Waals surface area contributed by atoms with E-state index in [1.165, 1.54) is 18.2 Å². The van der Waals surface area contributed by atoms with E-state index in [9.17, 15) is 34.8 Å². The number of fused-ring (bicyclic) bond motifs is 1. The Kier molecular flexibility index (Phi) is 5.33. The van der Waals surface area contributed by atoms with E-state index in [0.717, 1.165) is 12.5 Å². The van der Waals surface area contributed by atoms with Gasteiger partial charge in [-0.15, -0.1) is 0 Å². The Labute approximate surface area is 160 Å². The lowest BCUT2D eigenvalue weighted by Crippen LogP contribution is -2.33. The molecule has 1 aliphatic carbocycles. The number of rotatable bonds is 3. The summed E-state index contributed by atoms with van der Waals surface area (Å²) in [6.07, 6.45) is 3.94. The van der Waals surface area contributed by atoms with Crippen molar-refractivity contribution in [3.63, 3.8) is 0 Å². The highest BCUT2D eigenvalue weighted by Crippen LogP contribution is 2.79. The summed E-state index contributed by atoms with van der Waals surface area (Å²) < 4.78 is 110. The molecular formula is C17H18F6O3S2. The van der Waals surface area contributed by atoms with Crippen LogP contribution in [0.25, 0.3) is 6.08 Å². The molecule has 0 amide bonds. The molecular weight excluding hydrogens is 430 g/mol. The number of benzene rings is 1. The average Bonchev–Trinajstić information content (AvgIpc) is 2.88. The summed E-state index contributed by atoms with van der Waals surface area (Å²) in [7, 11) is -11.4. The zero-order valence-electron chi connectivity index (χ0n) is 14.7. The highest BCUT2D eigenvalue weighted by molar-refractivity contribution is 8.37. The SMILES string of the molecule is Cc1ccc2c(c1)C=C(C1CCCCC1)S2(OS(=O)(=O)C(F)(F)F)C(F)(F)F. The van der Waals surface area contributed by atoms with Crippen molar-refractivity contribution in [3.8, 4) is 0 Å². The Bertz CT molecular complexity index is 898. The fraction of sp³-hybridized carbons (Fsp3) is 0.529. The van der Waals surface area contributed by atoms with E-state index in [2.05, 4.69) is 3.63 Å². The molecule has 0 bridgehead atoms. The van der Waals surface area contributed by atoms with Crippen LogP contribution in [0.1, 0.15) is 43.2 Å². The molecule has 1 aliphatic heterocycles. The summed E-state index contributed by atoms with van der Waals surface area (Å²) in [5.41, 5.74) is -10.6. The van der Waals surface area contributed by atoms with Crippen LogP contribution >= 0.6 is 10.3 Å². The van der Waals surface area contributed by atoms with Gasteiger partial charge in [0.2, 0.25) is 0 Å². The summed E-state index contributed by atoms with van der Waals surface area (Å²) in [5, 5.41) is 0. The Balaban J connectivity index is 2.26. The zero-order valence-corrected chi connectivity index (χ0v) is 16.4. The lowest BCUT2D eigenvalue weighted by Gasteiger charge is -2.42. The number of halogens is 6. The first-order valence-electron chi connectivity index (χ1n) is 8.54. The number of aryl methyl sites for hydroxylation is 1. The largest absolute Gasteiger partial charge is 0.523 e. The van der Waals surface area contributed by atoms with Gasteiger partial charge in [-0.3, -0.25) is 0 Å². The van der Waals surface area contributed by atoms with Crippen molar-refractivity contribution in [3.05, 3.63) is 34.2 Å². The van der Waals surface area contributed by atoms with E-state index in [-0.39, 0.29) is 10.5 Å². The van der Waals surface area contributed by atoms with E-state index in [4.69, 9.17) is 0 Å². The van der Waals surface area contributed by atoms with Crippen LogP contribution in [0.15, 0.2) is 28.0 Å². The minimum atomic E-state index is -6.47. The zero-order chi connectivity index (χ0) is 21.0. The second-order valence-electron chi connectivity index (χ2n) is 6.89. The molecule has 11 heteroatoms. The van der Waals surface area contributed by atoms with Crippen molar-refractivity contribution in [2.45, 2.75) is 54.9 Å². The molecule has 28 heavy (non-hydrogen) atoms. The van der Waals surface area contributed by atoms with E-state index in [1.807, 2.05) is 0 Å². The molecule has 0 spiro atoms. The second kappa shape index (κ2) is 6.94. The number of hydrogen-bond acceptors (Lipinski definition) is 3. The maximum Gasteiger partial charge on any atom is 0.523 e. The minimum Gasteiger partial charge on any atom is -0.196 e. The van der Waals surface area contributed by atoms with Gasteiger partial charge in [-0.1, -0.05) is 37.0 Å². The molecule has 1 aromatic carbocycles. The molecule has 2 aliphatic rings. The lowest BCUT2D eigenvalue weighted by atomic mass is 9.88. The number of allylic oxidation sites excluding steroid dienone is 1. The summed E-state index contributed by atoms with van der Waals surface area (Å²) in [6.45, 7) is 1.63. The van der Waals surface area contributed by atoms with Crippen molar-refractivity contribution in [2.75, 3.05) is 0 Å². The topological polar surface area (TPSA) is 43.4 Å². The molecule has 1 saturated carbocycles. The van der Waals surface area contributed by atoms with Crippen LogP contribution in [0.2, 0.25) is 0 Å². The molecule has 0 N–H and O–H groups in total. The van der Waals surface area contributed by atoms with Crippen molar-refractivity contribution in [1.29, 1.82) is 0 Å². The van der Waals surface area contributed by atoms with Gasteiger partial charge < -0.3 is 0 Å². The van der Waals surface area contributed by atoms with Gasteiger partial charge in [0.15, 0.2) is 0 Å². The molecule has 1 atom stereocenters. The highest BCUT2D eigenvalue weighted by atomic mass is 32.3. The van der Waals surface area contributed by atoms with Crippen molar-refractivity contribution < 1.29 is 38.4 Å². The normalized spacial score (nSPS) is 26.5. The predicted molar refractivity (Wildman–Crippen MR) is 93.7 cm³/mol. The fourth-order valence-corrected chi connectivity index (χ4v) is 8.47. The molecule has 3 nitrogen and oxygen atoms in total. The van der Waals surface area contributed by atoms with Crippen LogP contribution in [-0.4, -0.2) is 19.4 Å². The molecule has 1 unspecified atom stereocenters. The van der Waals surface area contributed by atoms with Crippen molar-refractivity contribution in [1.82, 2.24) is 0 Å². The monoisotopic (exact) mass is 448 g/mol. The third kappa shape index (κ3) is 3.45. The summed E-state index contributed by atoms with van der Waals surface area (Å²) >= 11 is 0. The standard InChI is InChI=1S/C17H18F6O3S2/c1-11-7-8-14-13(9-11)10-15(12-5-3-2-4-6-12)27(14,16(18,19)20)26-28(24,25)17(21,22)23/h7-10,12H,2-6H2,1H3. The van der Waals surface area contributed by atoms with Crippen LogP contribution in [0, 0.1) is 12.8 Å². The van der Waals surface area contributed by atoms with Gasteiger partial charge >= 0.3 is 21.1 Å². The Morgan fingerprint density at radius 3 is 2.18 bits per heavy atom. The third-order valence-corrected chi connectivity index (χ3v) is 9.77. The highest BCUT2D eigenvalue weighted by Gasteiger charge is 2.65. The van der Waals surface area contributed by atoms with Gasteiger partial charge in [0, 0.05) is 20.1 Å². The Hall–Kier alpha value is -1.20. The van der Waals surface area contributed by atoms with Crippen LogP contribution in [-0.2, 0) is 13.7 Å². The van der Waals surface area contributed by atoms with Crippen LogP contribution in [0.3, 0.4) is 0 Å². The molecule has 1 heterocycles. The van der Waals surface area contributed by atoms with Crippen molar-refractivity contribution >= 4 is 26.5 Å². The molecule has 0 saturated heterocycles. The Morgan fingerprint density at radius 2 is 1.64 bits per heavy atom. The molecule has 3 rings (SSSR count). The first-order valence-corrected chi connectivity index (χ1v) is 11.5. The Morgan fingerprint density at radius 1 is 1.04 bits per heavy atom. The molecule has 0 aromatic heterocycles. The fourth-order valence-electron chi connectivity index (χ4n) is 3.69. The van der Waals surface area contributed by atoms with Gasteiger partial charge in [0.25, 0.3) is 0 Å². The van der Waals surface area contributed by atoms with E-state index >= 15 is 0 Å². The second-order valence-corrected chi connectivity index (χ2v) is 11.3. The summed E-state index contributed by atoms with van der Waals surface area (Å²) in [5.74, 6) is -0.679. The molecule has 1 aromatic rings. The first-order chi connectivity index (χ1) is 12.8. The van der Waals surface area contributed by atoms with Crippen molar-refractivity contribution in [2.24, 2.45) is 5.92 Å². The molecule has 1 fully saturated rings. The smallest absolute Gasteiger partial charge is 0.196 e. The number of hydrogen-bond donors (Lipinski definition) is 0. The molecule has 158 valence electrons. The van der Waals surface area contributed by atoms with E-state index in [1.54, 1.807) is 6.92 Å². The quantitative estimate of drug-likeness (QED) is 0.397. The molecule has 0 radical (unpaired) electrons. The summed E-state index contributed by atoms with van der Waals surface area (Å²) in [6, 6.07) is 3.75. The third-order valence-electron chi connectivity index (χ3n) is 4.91. The minimum absolute atomic E-state index is 0.0604. The van der Waals surface area contributed by atoms with Crippen LogP contribution < -0.4 is 0 Å². The van der Waals surface area contributed by atoms with E-state index < -0.39 is 42.3 Å². The van der Waals surface area contributed by atoms with Crippen LogP contribution in [0.5, 0.6) is 0 Å². The van der Waals surface area contributed by atoms with Gasteiger partial charge in [-0.2, -0.15) is 38.4 Å². The first kappa shape index (κ1) is 21.5. The van der Waals surface area contributed by atoms with Gasteiger partial charge in [0.05, 0.1) is 0 Å². The lowest BCUT2D eigenvalue weighted by molar-refractivity contribution is -0.0547.